The highest BCUT2D eigenvalue weighted by molar-refractivity contribution is 5.77. The van der Waals surface area contributed by atoms with Crippen LogP contribution in [-0.2, 0) is 9.53 Å². The number of amides is 1. The number of methoxy groups -OCH3 is 1. The van der Waals surface area contributed by atoms with E-state index in [2.05, 4.69) is 10.1 Å². The van der Waals surface area contributed by atoms with E-state index in [0.717, 1.165) is 17.5 Å². The van der Waals surface area contributed by atoms with Gasteiger partial charge in [0.1, 0.15) is 0 Å². The summed E-state index contributed by atoms with van der Waals surface area (Å²) in [7, 11) is 1.64. The number of rotatable bonds is 5. The molecule has 1 aromatic heterocycles. The zero-order valence-corrected chi connectivity index (χ0v) is 13.5. The highest BCUT2D eigenvalue weighted by Crippen LogP contribution is 2.28. The summed E-state index contributed by atoms with van der Waals surface area (Å²) in [6.45, 7) is 3.77. The van der Waals surface area contributed by atoms with E-state index in [1.54, 1.807) is 7.11 Å². The molecule has 2 aromatic rings. The van der Waals surface area contributed by atoms with Gasteiger partial charge in [-0.3, -0.25) is 4.79 Å². The molecule has 1 aliphatic heterocycles. The molecule has 6 nitrogen and oxygen atoms in total. The van der Waals surface area contributed by atoms with E-state index in [1.807, 2.05) is 36.1 Å². The Hall–Kier alpha value is -2.21. The van der Waals surface area contributed by atoms with Crippen LogP contribution >= 0.6 is 0 Å². The van der Waals surface area contributed by atoms with Crippen molar-refractivity contribution in [3.63, 3.8) is 0 Å². The Balaban J connectivity index is 1.75. The van der Waals surface area contributed by atoms with Gasteiger partial charge in [-0.25, -0.2) is 0 Å². The van der Waals surface area contributed by atoms with Gasteiger partial charge < -0.3 is 14.2 Å². The molecule has 0 aliphatic carbocycles. The van der Waals surface area contributed by atoms with Crippen molar-refractivity contribution in [3.05, 3.63) is 35.7 Å². The molecule has 0 radical (unpaired) electrons. The standard InChI is InChI=1S/C17H21N3O3/c1-12-5-3-4-6-14(12)16-18-17(23-19-16)13-7-8-15(21)20(11-13)9-10-22-2/h3-6,13H,7-11H2,1-2H3/t13-/m0/s1. The van der Waals surface area contributed by atoms with Gasteiger partial charge in [0.05, 0.1) is 12.5 Å². The Bertz CT molecular complexity index is 683. The SMILES string of the molecule is COCCN1C[C@@H](c2nc(-c3ccccc3C)no2)CCC1=O. The topological polar surface area (TPSA) is 68.5 Å². The fourth-order valence-electron chi connectivity index (χ4n) is 2.87. The number of piperidine rings is 1. The van der Waals surface area contributed by atoms with Crippen LogP contribution < -0.4 is 0 Å². The van der Waals surface area contributed by atoms with Crippen LogP contribution in [0, 0.1) is 6.92 Å². The predicted octanol–water partition coefficient (Wildman–Crippen LogP) is 2.40. The third kappa shape index (κ3) is 3.42. The largest absolute Gasteiger partial charge is 0.383 e. The first-order chi connectivity index (χ1) is 11.2. The van der Waals surface area contributed by atoms with Gasteiger partial charge in [0, 0.05) is 32.2 Å². The average Bonchev–Trinajstić information content (AvgIpc) is 3.04. The molecule has 3 rings (SSSR count). The number of likely N-dealkylation sites (tertiary alicyclic amines) is 1. The van der Waals surface area contributed by atoms with Crippen LogP contribution in [0.5, 0.6) is 0 Å². The zero-order chi connectivity index (χ0) is 16.2. The van der Waals surface area contributed by atoms with Crippen LogP contribution in [0.15, 0.2) is 28.8 Å². The summed E-state index contributed by atoms with van der Waals surface area (Å²) in [6, 6.07) is 7.96. The lowest BCUT2D eigenvalue weighted by Gasteiger charge is -2.30. The number of aryl methyl sites for hydroxylation is 1. The Morgan fingerprint density at radius 2 is 2.22 bits per heavy atom. The molecule has 1 aliphatic rings. The van der Waals surface area contributed by atoms with Gasteiger partial charge in [-0.15, -0.1) is 0 Å². The van der Waals surface area contributed by atoms with E-state index in [-0.39, 0.29) is 11.8 Å². The number of hydrogen-bond acceptors (Lipinski definition) is 5. The van der Waals surface area contributed by atoms with E-state index < -0.39 is 0 Å². The monoisotopic (exact) mass is 315 g/mol. The van der Waals surface area contributed by atoms with E-state index in [4.69, 9.17) is 9.26 Å². The van der Waals surface area contributed by atoms with Gasteiger partial charge in [-0.05, 0) is 18.9 Å². The number of hydrogen-bond donors (Lipinski definition) is 0. The molecule has 6 heteroatoms. The van der Waals surface area contributed by atoms with Crippen molar-refractivity contribution in [1.82, 2.24) is 15.0 Å². The van der Waals surface area contributed by atoms with Crippen molar-refractivity contribution >= 4 is 5.91 Å². The first-order valence-corrected chi connectivity index (χ1v) is 7.85. The van der Waals surface area contributed by atoms with Crippen molar-refractivity contribution in [2.75, 3.05) is 26.8 Å². The zero-order valence-electron chi connectivity index (χ0n) is 13.5. The molecule has 23 heavy (non-hydrogen) atoms. The molecule has 0 spiro atoms. The molecule has 1 saturated heterocycles. The second-order valence-corrected chi connectivity index (χ2v) is 5.84. The van der Waals surface area contributed by atoms with Gasteiger partial charge >= 0.3 is 0 Å². The Kier molecular flexibility index (Phi) is 4.71. The van der Waals surface area contributed by atoms with Crippen molar-refractivity contribution in [2.45, 2.75) is 25.7 Å². The molecule has 122 valence electrons. The lowest BCUT2D eigenvalue weighted by atomic mass is 9.97. The van der Waals surface area contributed by atoms with Gasteiger partial charge in [0.15, 0.2) is 0 Å². The van der Waals surface area contributed by atoms with Gasteiger partial charge in [-0.2, -0.15) is 4.98 Å². The number of nitrogens with zero attached hydrogens (tertiary/aromatic N) is 3. The quantitative estimate of drug-likeness (QED) is 0.847. The first kappa shape index (κ1) is 15.7. The molecular weight excluding hydrogens is 294 g/mol. The van der Waals surface area contributed by atoms with Crippen LogP contribution in [0.25, 0.3) is 11.4 Å². The van der Waals surface area contributed by atoms with E-state index >= 15 is 0 Å². The van der Waals surface area contributed by atoms with Crippen molar-refractivity contribution < 1.29 is 14.1 Å². The molecule has 1 atom stereocenters. The molecule has 1 aromatic carbocycles. The van der Waals surface area contributed by atoms with Gasteiger partial charge in [-0.1, -0.05) is 29.4 Å². The Morgan fingerprint density at radius 3 is 3.00 bits per heavy atom. The van der Waals surface area contributed by atoms with Gasteiger partial charge in [0.25, 0.3) is 0 Å². The molecule has 0 bridgehead atoms. The number of benzene rings is 1. The van der Waals surface area contributed by atoms with Crippen LogP contribution in [0.2, 0.25) is 0 Å². The molecule has 0 N–H and O–H groups in total. The summed E-state index contributed by atoms with van der Waals surface area (Å²) >= 11 is 0. The summed E-state index contributed by atoms with van der Waals surface area (Å²) in [4.78, 5) is 18.3. The lowest BCUT2D eigenvalue weighted by molar-refractivity contribution is -0.134. The smallest absolute Gasteiger partial charge is 0.231 e. The Morgan fingerprint density at radius 1 is 1.39 bits per heavy atom. The minimum atomic E-state index is 0.0924. The van der Waals surface area contributed by atoms with Crippen molar-refractivity contribution in [2.24, 2.45) is 0 Å². The van der Waals surface area contributed by atoms with E-state index in [9.17, 15) is 4.79 Å². The highest BCUT2D eigenvalue weighted by Gasteiger charge is 2.30. The van der Waals surface area contributed by atoms with Crippen molar-refractivity contribution in [3.8, 4) is 11.4 Å². The minimum absolute atomic E-state index is 0.0924. The second kappa shape index (κ2) is 6.91. The number of ether oxygens (including phenoxy) is 1. The fourth-order valence-corrected chi connectivity index (χ4v) is 2.87. The van der Waals surface area contributed by atoms with Crippen LogP contribution in [-0.4, -0.2) is 47.8 Å². The highest BCUT2D eigenvalue weighted by atomic mass is 16.5. The first-order valence-electron chi connectivity index (χ1n) is 7.85. The molecule has 1 amide bonds. The minimum Gasteiger partial charge on any atom is -0.383 e. The van der Waals surface area contributed by atoms with Gasteiger partial charge in [0.2, 0.25) is 17.6 Å². The van der Waals surface area contributed by atoms with Crippen molar-refractivity contribution in [1.29, 1.82) is 0 Å². The predicted molar refractivity (Wildman–Crippen MR) is 84.9 cm³/mol. The van der Waals surface area contributed by atoms with Crippen LogP contribution in [0.1, 0.15) is 30.2 Å². The number of aromatic nitrogens is 2. The third-order valence-corrected chi connectivity index (χ3v) is 4.24. The number of carbonyl (C=O) groups excluding carboxylic acids is 1. The maximum atomic E-state index is 12.0. The van der Waals surface area contributed by atoms with Crippen LogP contribution in [0.3, 0.4) is 0 Å². The molecular formula is C17H21N3O3. The third-order valence-electron chi connectivity index (χ3n) is 4.24. The maximum absolute atomic E-state index is 12.0. The Labute approximate surface area is 135 Å². The fraction of sp³-hybridized carbons (Fsp3) is 0.471. The summed E-state index contributed by atoms with van der Waals surface area (Å²) in [5.41, 5.74) is 2.09. The van der Waals surface area contributed by atoms with Crippen LogP contribution in [0.4, 0.5) is 0 Å². The lowest BCUT2D eigenvalue weighted by Crippen LogP contribution is -2.41. The number of carbonyl (C=O) groups is 1. The van der Waals surface area contributed by atoms with E-state index in [0.29, 0.717) is 37.8 Å². The summed E-state index contributed by atoms with van der Waals surface area (Å²) in [6.07, 6.45) is 1.26. The molecule has 1 fully saturated rings. The summed E-state index contributed by atoms with van der Waals surface area (Å²) in [5.74, 6) is 1.48. The normalized spacial score (nSPS) is 18.4. The summed E-state index contributed by atoms with van der Waals surface area (Å²) in [5, 5.41) is 4.11. The second-order valence-electron chi connectivity index (χ2n) is 5.84. The summed E-state index contributed by atoms with van der Waals surface area (Å²) < 4.78 is 10.5. The average molecular weight is 315 g/mol. The molecule has 0 saturated carbocycles. The maximum Gasteiger partial charge on any atom is 0.231 e. The molecule has 0 unspecified atom stereocenters. The van der Waals surface area contributed by atoms with E-state index in [1.165, 1.54) is 0 Å². The molecule has 2 heterocycles.